The summed E-state index contributed by atoms with van der Waals surface area (Å²) in [6.07, 6.45) is 2.88. The number of fused-ring (bicyclic) bond motifs is 2. The Hall–Kier alpha value is -3.15. The standard InChI is InChI=1S/C10H11NO2.C10H9NO2.B2/c2*1-13-10(12)8-3-2-7-4-5-11-9(7)6-8;1-2/h2-3,6,11H,4-5H2,1H3;2-6,11H,1H3;. The summed E-state index contributed by atoms with van der Waals surface area (Å²) in [5.41, 5.74) is 4.45. The molecule has 6 nitrogen and oxygen atoms in total. The number of anilines is 1. The number of aromatic nitrogens is 1. The number of hydrogen-bond acceptors (Lipinski definition) is 5. The molecule has 0 saturated heterocycles. The van der Waals surface area contributed by atoms with E-state index in [-0.39, 0.29) is 11.9 Å². The van der Waals surface area contributed by atoms with Crippen molar-refractivity contribution in [3.63, 3.8) is 0 Å². The molecule has 8 heteroatoms. The monoisotopic (exact) mass is 374 g/mol. The molecule has 1 aliphatic rings. The highest BCUT2D eigenvalue weighted by Gasteiger charge is 2.13. The Morgan fingerprint density at radius 1 is 0.929 bits per heavy atom. The lowest BCUT2D eigenvalue weighted by Gasteiger charge is -2.02. The van der Waals surface area contributed by atoms with Crippen LogP contribution >= 0.6 is 0 Å². The van der Waals surface area contributed by atoms with Crippen molar-refractivity contribution in [2.24, 2.45) is 0 Å². The molecule has 2 aromatic carbocycles. The number of esters is 2. The van der Waals surface area contributed by atoms with Gasteiger partial charge >= 0.3 is 11.9 Å². The van der Waals surface area contributed by atoms with Crippen molar-refractivity contribution in [3.8, 4) is 0 Å². The summed E-state index contributed by atoms with van der Waals surface area (Å²) in [6.45, 7) is 0.958. The normalized spacial score (nSPS) is 11.1. The van der Waals surface area contributed by atoms with Crippen LogP contribution in [0.3, 0.4) is 0 Å². The van der Waals surface area contributed by atoms with Crippen molar-refractivity contribution in [1.82, 2.24) is 4.98 Å². The summed E-state index contributed by atoms with van der Waals surface area (Å²) in [4.78, 5) is 25.3. The fraction of sp³-hybridized carbons (Fsp3) is 0.200. The van der Waals surface area contributed by atoms with E-state index in [1.165, 1.54) is 19.8 Å². The highest BCUT2D eigenvalue weighted by atomic mass is 16.5. The summed E-state index contributed by atoms with van der Waals surface area (Å²) in [5.74, 6) is -0.590. The molecular weight excluding hydrogens is 354 g/mol. The number of rotatable bonds is 2. The van der Waals surface area contributed by atoms with Crippen LogP contribution in [0.1, 0.15) is 26.3 Å². The number of hydrogen-bond donors (Lipinski definition) is 2. The van der Waals surface area contributed by atoms with Gasteiger partial charge in [0.25, 0.3) is 0 Å². The van der Waals surface area contributed by atoms with Crippen LogP contribution in [0.2, 0.25) is 0 Å². The first-order valence-corrected chi connectivity index (χ1v) is 8.56. The van der Waals surface area contributed by atoms with Crippen molar-refractivity contribution >= 4 is 44.0 Å². The molecule has 4 radical (unpaired) electrons. The van der Waals surface area contributed by atoms with Crippen molar-refractivity contribution in [1.29, 1.82) is 0 Å². The van der Waals surface area contributed by atoms with E-state index < -0.39 is 0 Å². The third-order valence-corrected chi connectivity index (χ3v) is 4.22. The third-order valence-electron chi connectivity index (χ3n) is 4.22. The zero-order valence-electron chi connectivity index (χ0n) is 15.8. The minimum absolute atomic E-state index is 0.281. The minimum atomic E-state index is -0.309. The van der Waals surface area contributed by atoms with Crippen molar-refractivity contribution in [2.75, 3.05) is 26.1 Å². The summed E-state index contributed by atoms with van der Waals surface area (Å²) in [5, 5.41) is 4.30. The molecule has 0 atom stereocenters. The zero-order chi connectivity index (χ0) is 20.5. The molecule has 0 unspecified atom stereocenters. The number of methoxy groups -OCH3 is 2. The molecule has 4 rings (SSSR count). The maximum atomic E-state index is 11.2. The predicted molar refractivity (Wildman–Crippen MR) is 111 cm³/mol. The number of ether oxygens (including phenoxy) is 2. The Balaban J connectivity index is 0.000000184. The maximum Gasteiger partial charge on any atom is 0.337 e. The van der Waals surface area contributed by atoms with Crippen molar-refractivity contribution < 1.29 is 19.1 Å². The lowest BCUT2D eigenvalue weighted by molar-refractivity contribution is 0.0592. The molecule has 0 bridgehead atoms. The van der Waals surface area contributed by atoms with E-state index in [0.29, 0.717) is 11.1 Å². The average Bonchev–Trinajstić information content (AvgIpc) is 3.42. The Morgan fingerprint density at radius 3 is 2.25 bits per heavy atom. The van der Waals surface area contributed by atoms with Gasteiger partial charge in [-0.15, -0.1) is 0 Å². The first-order valence-electron chi connectivity index (χ1n) is 8.56. The SMILES string of the molecule is COC(=O)c1ccc2c(c1)NCC2.COC(=O)c1ccc2cc[nH]c2c1.[B][B]. The molecular formula is C20H20B2N2O4. The van der Waals surface area contributed by atoms with Gasteiger partial charge in [0.15, 0.2) is 0 Å². The molecule has 0 spiro atoms. The fourth-order valence-corrected chi connectivity index (χ4v) is 2.83. The second-order valence-electron chi connectivity index (χ2n) is 5.81. The van der Waals surface area contributed by atoms with Crippen LogP contribution in [0.4, 0.5) is 5.69 Å². The van der Waals surface area contributed by atoms with Crippen LogP contribution in [-0.2, 0) is 15.9 Å². The number of benzene rings is 2. The van der Waals surface area contributed by atoms with E-state index >= 15 is 0 Å². The Kier molecular flexibility index (Phi) is 7.75. The van der Waals surface area contributed by atoms with Crippen LogP contribution < -0.4 is 5.32 Å². The number of H-pyrrole nitrogens is 1. The van der Waals surface area contributed by atoms with Crippen LogP contribution in [0.15, 0.2) is 48.7 Å². The van der Waals surface area contributed by atoms with E-state index in [0.717, 1.165) is 29.6 Å². The molecule has 1 aliphatic heterocycles. The van der Waals surface area contributed by atoms with Gasteiger partial charge in [-0.3, -0.25) is 0 Å². The Labute approximate surface area is 166 Å². The zero-order valence-corrected chi connectivity index (χ0v) is 15.8. The lowest BCUT2D eigenvalue weighted by atomic mass is 9.81. The van der Waals surface area contributed by atoms with Gasteiger partial charge < -0.3 is 19.8 Å². The average molecular weight is 374 g/mol. The number of aromatic amines is 1. The van der Waals surface area contributed by atoms with Gasteiger partial charge in [0.05, 0.1) is 25.3 Å². The van der Waals surface area contributed by atoms with Crippen LogP contribution in [0.5, 0.6) is 0 Å². The summed E-state index contributed by atoms with van der Waals surface area (Å²) < 4.78 is 9.24. The summed E-state index contributed by atoms with van der Waals surface area (Å²) in [6, 6.07) is 13.0. The van der Waals surface area contributed by atoms with Crippen molar-refractivity contribution in [2.45, 2.75) is 6.42 Å². The van der Waals surface area contributed by atoms with Gasteiger partial charge in [0.1, 0.15) is 0 Å². The van der Waals surface area contributed by atoms with E-state index in [9.17, 15) is 9.59 Å². The molecule has 2 heterocycles. The van der Waals surface area contributed by atoms with E-state index in [1.807, 2.05) is 30.5 Å². The molecule has 28 heavy (non-hydrogen) atoms. The van der Waals surface area contributed by atoms with Crippen LogP contribution in [0, 0.1) is 0 Å². The Morgan fingerprint density at radius 2 is 1.57 bits per heavy atom. The van der Waals surface area contributed by atoms with Crippen LogP contribution in [0.25, 0.3) is 10.9 Å². The second kappa shape index (κ2) is 10.3. The quantitative estimate of drug-likeness (QED) is 0.533. The summed E-state index contributed by atoms with van der Waals surface area (Å²) >= 11 is 0. The van der Waals surface area contributed by atoms with E-state index in [1.54, 1.807) is 18.2 Å². The van der Waals surface area contributed by atoms with Gasteiger partial charge in [-0.05, 0) is 47.7 Å². The lowest BCUT2D eigenvalue weighted by Crippen LogP contribution is -2.01. The van der Waals surface area contributed by atoms with Gasteiger partial charge in [0, 0.05) is 39.4 Å². The second-order valence-corrected chi connectivity index (χ2v) is 5.81. The molecule has 0 saturated carbocycles. The largest absolute Gasteiger partial charge is 0.465 e. The van der Waals surface area contributed by atoms with Gasteiger partial charge in [-0.1, -0.05) is 12.1 Å². The molecule has 0 fully saturated rings. The Bertz CT molecular complexity index is 956. The molecule has 1 aromatic heterocycles. The van der Waals surface area contributed by atoms with Crippen molar-refractivity contribution in [3.05, 3.63) is 65.4 Å². The predicted octanol–water partition coefficient (Wildman–Crippen LogP) is 2.63. The first kappa shape index (κ1) is 21.2. The molecule has 0 aliphatic carbocycles. The van der Waals surface area contributed by atoms with Gasteiger partial charge in [-0.2, -0.15) is 0 Å². The topological polar surface area (TPSA) is 80.4 Å². The number of carbonyl (C=O) groups is 2. The van der Waals surface area contributed by atoms with E-state index in [2.05, 4.69) is 35.2 Å². The van der Waals surface area contributed by atoms with Gasteiger partial charge in [0.2, 0.25) is 0 Å². The third kappa shape index (κ3) is 4.97. The molecule has 0 amide bonds. The first-order chi connectivity index (χ1) is 13.6. The highest BCUT2D eigenvalue weighted by molar-refractivity contribution is 6.75. The number of carbonyl (C=O) groups excluding carboxylic acids is 2. The molecule has 140 valence electrons. The summed E-state index contributed by atoms with van der Waals surface area (Å²) in [7, 11) is 10.8. The van der Waals surface area contributed by atoms with E-state index in [4.69, 9.17) is 0 Å². The van der Waals surface area contributed by atoms with Crippen LogP contribution in [-0.4, -0.2) is 53.2 Å². The molecule has 3 aromatic rings. The smallest absolute Gasteiger partial charge is 0.337 e. The molecule has 2 N–H and O–H groups in total. The minimum Gasteiger partial charge on any atom is -0.465 e. The number of nitrogens with one attached hydrogen (secondary N) is 2. The van der Waals surface area contributed by atoms with Gasteiger partial charge in [-0.25, -0.2) is 9.59 Å². The maximum absolute atomic E-state index is 11.2. The fourth-order valence-electron chi connectivity index (χ4n) is 2.83. The highest BCUT2D eigenvalue weighted by Crippen LogP contribution is 2.23.